The van der Waals surface area contributed by atoms with E-state index in [0.29, 0.717) is 0 Å². The van der Waals surface area contributed by atoms with Gasteiger partial charge in [0.2, 0.25) is 0 Å². The fourth-order valence-corrected chi connectivity index (χ4v) is 1.82. The van der Waals surface area contributed by atoms with Crippen LogP contribution >= 0.6 is 12.4 Å². The van der Waals surface area contributed by atoms with Gasteiger partial charge in [-0.3, -0.25) is 0 Å². The molecule has 0 radical (unpaired) electrons. The Hall–Kier alpha value is 0.313. The van der Waals surface area contributed by atoms with Crippen LogP contribution in [0.1, 0.15) is 18.1 Å². The first-order chi connectivity index (χ1) is 6.57. The zero-order chi connectivity index (χ0) is 10.7. The van der Waals surface area contributed by atoms with Crippen molar-refractivity contribution < 1.29 is 49.0 Å². The molecule has 0 aromatic heterocycles. The number of ether oxygens (including phenoxy) is 1. The molecule has 0 amide bonds. The van der Waals surface area contributed by atoms with Crippen LogP contribution in [-0.4, -0.2) is 20.7 Å². The van der Waals surface area contributed by atoms with E-state index in [1.165, 1.54) is 16.8 Å². The average molecular weight is 366 g/mol. The van der Waals surface area contributed by atoms with Gasteiger partial charge in [-0.25, -0.2) is 0 Å². The summed E-state index contributed by atoms with van der Waals surface area (Å²) in [4.78, 5) is 2.13. The fraction of sp³-hybridized carbons (Fsp3) is 0.500. The Morgan fingerprint density at radius 1 is 1.11 bits per heavy atom. The molecule has 0 atom stereocenters. The summed E-state index contributed by atoms with van der Waals surface area (Å²) in [5.41, 5.74) is 3.77. The molecule has 18 heavy (non-hydrogen) atoms. The monoisotopic (exact) mass is 363 g/mol. The first-order valence-corrected chi connectivity index (χ1v) is 4.98. The largest absolute Gasteiger partial charge is 2.00 e. The minimum atomic E-state index is 0. The molecular weight excluding hydrogens is 346 g/mol. The van der Waals surface area contributed by atoms with Gasteiger partial charge < -0.3 is 34.5 Å². The van der Waals surface area contributed by atoms with Crippen molar-refractivity contribution in [1.29, 1.82) is 0 Å². The zero-order valence-electron chi connectivity index (χ0n) is 11.6. The van der Waals surface area contributed by atoms with E-state index >= 15 is 0 Å². The van der Waals surface area contributed by atoms with E-state index in [1.807, 2.05) is 13.0 Å². The van der Waals surface area contributed by atoms with Gasteiger partial charge in [0.25, 0.3) is 0 Å². The van der Waals surface area contributed by atoms with E-state index in [2.05, 4.69) is 38.9 Å². The molecule has 0 fully saturated rings. The van der Waals surface area contributed by atoms with Crippen molar-refractivity contribution in [2.45, 2.75) is 20.8 Å². The predicted molar refractivity (Wildman–Crippen MR) is 68.7 cm³/mol. The second-order valence-electron chi connectivity index (χ2n) is 3.68. The van der Waals surface area contributed by atoms with Crippen molar-refractivity contribution in [1.82, 2.24) is 0 Å². The maximum absolute atomic E-state index is 5.56. The van der Waals surface area contributed by atoms with Crippen molar-refractivity contribution in [3.8, 4) is 5.75 Å². The van der Waals surface area contributed by atoms with Crippen molar-refractivity contribution in [2.75, 3.05) is 25.6 Å². The molecule has 0 spiro atoms. The third-order valence-corrected chi connectivity index (χ3v) is 2.33. The van der Waals surface area contributed by atoms with E-state index < -0.39 is 0 Å². The zero-order valence-corrected chi connectivity index (χ0v) is 16.9. The van der Waals surface area contributed by atoms with Crippen LogP contribution in [0.2, 0.25) is 0 Å². The van der Waals surface area contributed by atoms with Crippen molar-refractivity contribution >= 4 is 18.1 Å². The number of anilines is 1. The van der Waals surface area contributed by atoms with E-state index in [-0.39, 0.29) is 56.7 Å². The first-order valence-electron chi connectivity index (χ1n) is 4.98. The van der Waals surface area contributed by atoms with Crippen LogP contribution in [0.15, 0.2) is 12.1 Å². The molecule has 0 aliphatic rings. The second-order valence-corrected chi connectivity index (χ2v) is 3.68. The molecule has 0 saturated carbocycles. The van der Waals surface area contributed by atoms with E-state index in [1.54, 1.807) is 0 Å². The van der Waals surface area contributed by atoms with Crippen LogP contribution in [0.4, 0.5) is 5.69 Å². The van der Waals surface area contributed by atoms with Crippen molar-refractivity contribution in [2.24, 2.45) is 0 Å². The number of halogens is 3. The minimum absolute atomic E-state index is 0. The van der Waals surface area contributed by atoms with Gasteiger partial charge in [0.1, 0.15) is 5.75 Å². The fourth-order valence-electron chi connectivity index (χ4n) is 1.82. The molecule has 0 N–H and O–H groups in total. The molecule has 0 heterocycles. The maximum atomic E-state index is 5.56. The van der Waals surface area contributed by atoms with Gasteiger partial charge in [0.05, 0.1) is 6.61 Å². The summed E-state index contributed by atoms with van der Waals surface area (Å²) in [5, 5.41) is 0. The quantitative estimate of drug-likeness (QED) is 0.536. The molecule has 102 valence electrons. The number of hydrogen-bond donors (Lipinski definition) is 0. The van der Waals surface area contributed by atoms with Gasteiger partial charge in [-0.15, -0.1) is 12.4 Å². The summed E-state index contributed by atoms with van der Waals surface area (Å²) in [7, 11) is 4.12. The van der Waals surface area contributed by atoms with Crippen LogP contribution in [0, 0.1) is 13.8 Å². The first kappa shape index (κ1) is 26.8. The summed E-state index contributed by atoms with van der Waals surface area (Å²) >= 11 is 0. The Morgan fingerprint density at radius 3 is 2.00 bits per heavy atom. The van der Waals surface area contributed by atoms with Crippen molar-refractivity contribution in [3.63, 3.8) is 0 Å². The van der Waals surface area contributed by atoms with Crippen LogP contribution in [0.3, 0.4) is 0 Å². The van der Waals surface area contributed by atoms with Crippen LogP contribution < -0.4 is 34.5 Å². The smallest absolute Gasteiger partial charge is 1.00 e. The Balaban J connectivity index is -0.000000245. The van der Waals surface area contributed by atoms with Gasteiger partial charge >= 0.3 is 19.5 Å². The SMILES string of the molecule is CCOc1ccc(C)c(N(C)C)c1C.Cl.[Cl-].[Cl-].[Zn+2]. The van der Waals surface area contributed by atoms with E-state index in [0.717, 1.165) is 12.4 Å². The third-order valence-electron chi connectivity index (χ3n) is 2.33. The number of aryl methyl sites for hydroxylation is 1. The van der Waals surface area contributed by atoms with Crippen LogP contribution in [0.25, 0.3) is 0 Å². The number of benzene rings is 1. The standard InChI is InChI=1S/C12H19NO.3ClH.Zn/c1-6-14-11-8-7-9(2)12(10(11)3)13(4)5;;;;/h7-8H,6H2,1-5H3;3*1H;/q;;;;+2/p-2. The second kappa shape index (κ2) is 12.4. The van der Waals surface area contributed by atoms with E-state index in [9.17, 15) is 0 Å². The Bertz CT molecular complexity index is 335. The molecule has 1 aromatic rings. The summed E-state index contributed by atoms with van der Waals surface area (Å²) in [6, 6.07) is 4.15. The summed E-state index contributed by atoms with van der Waals surface area (Å²) in [6.07, 6.45) is 0. The van der Waals surface area contributed by atoms with Gasteiger partial charge in [-0.05, 0) is 32.4 Å². The van der Waals surface area contributed by atoms with Crippen LogP contribution in [-0.2, 0) is 19.5 Å². The molecule has 0 unspecified atom stereocenters. The molecular formula is C12H20Cl3NOZn. The molecule has 1 aromatic carbocycles. The minimum Gasteiger partial charge on any atom is -1.00 e. The van der Waals surface area contributed by atoms with Gasteiger partial charge in [-0.2, -0.15) is 0 Å². The summed E-state index contributed by atoms with van der Waals surface area (Å²) in [6.45, 7) is 6.96. The number of hydrogen-bond acceptors (Lipinski definition) is 2. The molecule has 0 bridgehead atoms. The normalized spacial score (nSPS) is 7.83. The molecule has 0 aliphatic heterocycles. The van der Waals surface area contributed by atoms with Crippen LogP contribution in [0.5, 0.6) is 5.75 Å². The Kier molecular flexibility index (Phi) is 18.4. The van der Waals surface area contributed by atoms with Gasteiger partial charge in [0, 0.05) is 25.3 Å². The third kappa shape index (κ3) is 6.47. The molecule has 0 saturated heterocycles. The maximum Gasteiger partial charge on any atom is 2.00 e. The number of nitrogens with zero attached hydrogens (tertiary/aromatic N) is 1. The number of rotatable bonds is 3. The predicted octanol–water partition coefficient (Wildman–Crippen LogP) is -2.80. The molecule has 2 nitrogen and oxygen atoms in total. The molecule has 6 heteroatoms. The summed E-state index contributed by atoms with van der Waals surface area (Å²) < 4.78 is 5.56. The van der Waals surface area contributed by atoms with Gasteiger partial charge in [-0.1, -0.05) is 6.07 Å². The molecule has 1 rings (SSSR count). The van der Waals surface area contributed by atoms with Gasteiger partial charge in [0.15, 0.2) is 0 Å². The average Bonchev–Trinajstić information content (AvgIpc) is 2.10. The summed E-state index contributed by atoms with van der Waals surface area (Å²) in [5.74, 6) is 0.988. The van der Waals surface area contributed by atoms with E-state index in [4.69, 9.17) is 4.74 Å². The topological polar surface area (TPSA) is 12.5 Å². The Morgan fingerprint density at radius 2 is 1.61 bits per heavy atom. The molecule has 0 aliphatic carbocycles. The Labute approximate surface area is 142 Å². The van der Waals surface area contributed by atoms with Crippen molar-refractivity contribution in [3.05, 3.63) is 23.3 Å².